The molecule has 1 unspecified atom stereocenters. The quantitative estimate of drug-likeness (QED) is 0.307. The number of aryl methyl sites for hydroxylation is 1. The molecule has 0 radical (unpaired) electrons. The number of halogens is 1. The highest BCUT2D eigenvalue weighted by molar-refractivity contribution is 6.51. The van der Waals surface area contributed by atoms with Crippen molar-refractivity contribution >= 4 is 23.1 Å². The second kappa shape index (κ2) is 9.28. The number of rotatable bonds is 6. The highest BCUT2D eigenvalue weighted by Gasteiger charge is 2.47. The standard InChI is InChI=1S/C27H24FNO4/c1-3-15-33-21-13-11-18(12-14-21)25(30)23-24(22-10-5-4-7-17(22)2)29(27(32)26(23)31)20-9-6-8-19(28)16-20/h4-14,16,24,30H,3,15H2,1-2H3/b25-23+. The fourth-order valence-corrected chi connectivity index (χ4v) is 4.00. The number of aliphatic hydroxyl groups is 1. The Hall–Kier alpha value is -3.93. The average Bonchev–Trinajstić information content (AvgIpc) is 3.08. The van der Waals surface area contributed by atoms with Gasteiger partial charge >= 0.3 is 0 Å². The lowest BCUT2D eigenvalue weighted by Crippen LogP contribution is -2.29. The first-order valence-corrected chi connectivity index (χ1v) is 10.8. The minimum Gasteiger partial charge on any atom is -0.507 e. The first kappa shape index (κ1) is 22.3. The molecule has 1 amide bonds. The number of ether oxygens (including phenoxy) is 1. The number of Topliss-reactive ketones (excluding diaryl/α,β-unsaturated/α-hetero) is 1. The topological polar surface area (TPSA) is 66.8 Å². The summed E-state index contributed by atoms with van der Waals surface area (Å²) in [5.74, 6) is -1.82. The van der Waals surface area contributed by atoms with Gasteiger partial charge in [-0.15, -0.1) is 0 Å². The first-order chi connectivity index (χ1) is 15.9. The number of carbonyl (C=O) groups is 2. The molecule has 1 N–H and O–H groups in total. The molecular weight excluding hydrogens is 421 g/mol. The summed E-state index contributed by atoms with van der Waals surface area (Å²) < 4.78 is 19.6. The summed E-state index contributed by atoms with van der Waals surface area (Å²) in [7, 11) is 0. The molecule has 168 valence electrons. The third kappa shape index (κ3) is 4.24. The number of hydrogen-bond acceptors (Lipinski definition) is 4. The van der Waals surface area contributed by atoms with Crippen LogP contribution in [0.2, 0.25) is 0 Å². The molecule has 1 saturated heterocycles. The Balaban J connectivity index is 1.87. The fourth-order valence-electron chi connectivity index (χ4n) is 4.00. The summed E-state index contributed by atoms with van der Waals surface area (Å²) in [5.41, 5.74) is 2.09. The van der Waals surface area contributed by atoms with Crippen LogP contribution in [-0.4, -0.2) is 23.4 Å². The van der Waals surface area contributed by atoms with Crippen molar-refractivity contribution in [3.05, 3.63) is 101 Å². The lowest BCUT2D eigenvalue weighted by molar-refractivity contribution is -0.132. The molecule has 1 aliphatic rings. The van der Waals surface area contributed by atoms with E-state index in [0.29, 0.717) is 23.5 Å². The second-order valence-electron chi connectivity index (χ2n) is 7.88. The number of aliphatic hydroxyl groups excluding tert-OH is 1. The van der Waals surface area contributed by atoms with Gasteiger partial charge in [-0.1, -0.05) is 37.3 Å². The molecule has 1 aliphatic heterocycles. The predicted molar refractivity (Wildman–Crippen MR) is 125 cm³/mol. The van der Waals surface area contributed by atoms with Gasteiger partial charge in [-0.2, -0.15) is 0 Å². The fraction of sp³-hybridized carbons (Fsp3) is 0.185. The van der Waals surface area contributed by atoms with Gasteiger partial charge in [0, 0.05) is 11.3 Å². The van der Waals surface area contributed by atoms with Crippen molar-refractivity contribution in [3.63, 3.8) is 0 Å². The van der Waals surface area contributed by atoms with Crippen LogP contribution >= 0.6 is 0 Å². The summed E-state index contributed by atoms with van der Waals surface area (Å²) in [6.07, 6.45) is 0.863. The van der Waals surface area contributed by atoms with Crippen molar-refractivity contribution in [2.45, 2.75) is 26.3 Å². The summed E-state index contributed by atoms with van der Waals surface area (Å²) in [6, 6.07) is 18.6. The molecule has 0 aliphatic carbocycles. The van der Waals surface area contributed by atoms with Crippen molar-refractivity contribution in [1.82, 2.24) is 0 Å². The van der Waals surface area contributed by atoms with E-state index in [1.807, 2.05) is 26.0 Å². The Morgan fingerprint density at radius 2 is 1.76 bits per heavy atom. The molecule has 4 rings (SSSR count). The van der Waals surface area contributed by atoms with Gasteiger partial charge in [-0.3, -0.25) is 14.5 Å². The lowest BCUT2D eigenvalue weighted by atomic mass is 9.92. The number of anilines is 1. The lowest BCUT2D eigenvalue weighted by Gasteiger charge is -2.26. The van der Waals surface area contributed by atoms with Gasteiger partial charge in [0.2, 0.25) is 0 Å². The molecular formula is C27H24FNO4. The zero-order valence-corrected chi connectivity index (χ0v) is 18.4. The van der Waals surface area contributed by atoms with Crippen molar-refractivity contribution in [2.75, 3.05) is 11.5 Å². The van der Waals surface area contributed by atoms with E-state index in [1.165, 1.54) is 23.1 Å². The number of benzene rings is 3. The molecule has 0 bridgehead atoms. The Labute approximate surface area is 191 Å². The number of carbonyl (C=O) groups excluding carboxylic acids is 2. The third-order valence-corrected chi connectivity index (χ3v) is 5.61. The van der Waals surface area contributed by atoms with Crippen LogP contribution in [0.15, 0.2) is 78.4 Å². The molecule has 3 aromatic rings. The maximum atomic E-state index is 14.0. The normalized spacial score (nSPS) is 17.4. The van der Waals surface area contributed by atoms with E-state index in [4.69, 9.17) is 4.74 Å². The molecule has 1 fully saturated rings. The van der Waals surface area contributed by atoms with Crippen molar-refractivity contribution < 1.29 is 23.8 Å². The van der Waals surface area contributed by atoms with Crippen molar-refractivity contribution in [1.29, 1.82) is 0 Å². The molecule has 3 aromatic carbocycles. The van der Waals surface area contributed by atoms with E-state index in [0.717, 1.165) is 12.0 Å². The molecule has 0 aromatic heterocycles. The van der Waals surface area contributed by atoms with Gasteiger partial charge in [0.05, 0.1) is 18.2 Å². The minimum atomic E-state index is -0.899. The van der Waals surface area contributed by atoms with Crippen LogP contribution in [0.3, 0.4) is 0 Å². The predicted octanol–water partition coefficient (Wildman–Crippen LogP) is 5.55. The van der Waals surface area contributed by atoms with Crippen LogP contribution in [0.5, 0.6) is 5.75 Å². The van der Waals surface area contributed by atoms with E-state index in [2.05, 4.69) is 0 Å². The largest absolute Gasteiger partial charge is 0.507 e. The minimum absolute atomic E-state index is 0.0409. The van der Waals surface area contributed by atoms with Crippen LogP contribution in [0.25, 0.3) is 5.76 Å². The van der Waals surface area contributed by atoms with Crippen molar-refractivity contribution in [3.8, 4) is 5.75 Å². The molecule has 1 atom stereocenters. The summed E-state index contributed by atoms with van der Waals surface area (Å²) in [4.78, 5) is 27.5. The van der Waals surface area contributed by atoms with Gasteiger partial charge in [0.1, 0.15) is 17.3 Å². The van der Waals surface area contributed by atoms with Gasteiger partial charge in [-0.25, -0.2) is 4.39 Å². The Morgan fingerprint density at radius 3 is 2.42 bits per heavy atom. The number of amides is 1. The zero-order valence-electron chi connectivity index (χ0n) is 18.4. The van der Waals surface area contributed by atoms with Crippen LogP contribution < -0.4 is 9.64 Å². The molecule has 0 saturated carbocycles. The smallest absolute Gasteiger partial charge is 0.300 e. The molecule has 5 nitrogen and oxygen atoms in total. The Kier molecular flexibility index (Phi) is 6.27. The maximum Gasteiger partial charge on any atom is 0.300 e. The van der Waals surface area contributed by atoms with Gasteiger partial charge in [0.25, 0.3) is 11.7 Å². The van der Waals surface area contributed by atoms with E-state index in [9.17, 15) is 19.1 Å². The summed E-state index contributed by atoms with van der Waals surface area (Å²) >= 11 is 0. The average molecular weight is 445 g/mol. The maximum absolute atomic E-state index is 14.0. The van der Waals surface area contributed by atoms with E-state index < -0.39 is 23.5 Å². The highest BCUT2D eigenvalue weighted by atomic mass is 19.1. The monoisotopic (exact) mass is 445 g/mol. The number of hydrogen-bond donors (Lipinski definition) is 1. The molecule has 6 heteroatoms. The van der Waals surface area contributed by atoms with Crippen molar-refractivity contribution in [2.24, 2.45) is 0 Å². The first-order valence-electron chi connectivity index (χ1n) is 10.8. The van der Waals surface area contributed by atoms with E-state index >= 15 is 0 Å². The van der Waals surface area contributed by atoms with Crippen LogP contribution in [-0.2, 0) is 9.59 Å². The van der Waals surface area contributed by atoms with Crippen LogP contribution in [0.1, 0.15) is 36.1 Å². The van der Waals surface area contributed by atoms with Gasteiger partial charge in [0.15, 0.2) is 0 Å². The van der Waals surface area contributed by atoms with E-state index in [1.54, 1.807) is 42.5 Å². The Bertz CT molecular complexity index is 1230. The number of ketones is 1. The molecule has 0 spiro atoms. The van der Waals surface area contributed by atoms with Gasteiger partial charge in [-0.05, 0) is 66.9 Å². The summed E-state index contributed by atoms with van der Waals surface area (Å²) in [5, 5.41) is 11.2. The van der Waals surface area contributed by atoms with Gasteiger partial charge < -0.3 is 9.84 Å². The highest BCUT2D eigenvalue weighted by Crippen LogP contribution is 2.43. The second-order valence-corrected chi connectivity index (χ2v) is 7.88. The third-order valence-electron chi connectivity index (χ3n) is 5.61. The molecule has 33 heavy (non-hydrogen) atoms. The Morgan fingerprint density at radius 1 is 1.03 bits per heavy atom. The zero-order chi connectivity index (χ0) is 23.5. The molecule has 1 heterocycles. The van der Waals surface area contributed by atoms with Crippen LogP contribution in [0.4, 0.5) is 10.1 Å². The summed E-state index contributed by atoms with van der Waals surface area (Å²) in [6.45, 7) is 4.43. The van der Waals surface area contributed by atoms with E-state index in [-0.39, 0.29) is 17.0 Å². The van der Waals surface area contributed by atoms with Crippen LogP contribution in [0, 0.1) is 12.7 Å². The number of nitrogens with zero attached hydrogens (tertiary/aromatic N) is 1. The SMILES string of the molecule is CCCOc1ccc(/C(O)=C2\C(=O)C(=O)N(c3cccc(F)c3)C2c2ccccc2C)cc1.